The normalized spacial score (nSPS) is 21.3. The highest BCUT2D eigenvalue weighted by Crippen LogP contribution is 2.43. The SMILES string of the molecule is CN1C(=O)[C@@](C)(CCCCCC#N)c2ccccc21. The lowest BCUT2D eigenvalue weighted by Crippen LogP contribution is -2.36. The van der Waals surface area contributed by atoms with Gasteiger partial charge in [0, 0.05) is 19.2 Å². The second-order valence-electron chi connectivity index (χ2n) is 5.43. The third kappa shape index (κ3) is 2.35. The average Bonchev–Trinajstić information content (AvgIpc) is 2.62. The molecule has 1 aromatic rings. The van der Waals surface area contributed by atoms with Crippen molar-refractivity contribution in [1.82, 2.24) is 0 Å². The van der Waals surface area contributed by atoms with E-state index >= 15 is 0 Å². The molecular formula is C16H20N2O. The van der Waals surface area contributed by atoms with E-state index in [1.54, 1.807) is 4.90 Å². The molecule has 100 valence electrons. The monoisotopic (exact) mass is 256 g/mol. The lowest BCUT2D eigenvalue weighted by Gasteiger charge is -2.23. The van der Waals surface area contributed by atoms with Crippen molar-refractivity contribution in [2.24, 2.45) is 0 Å². The molecule has 0 saturated carbocycles. The van der Waals surface area contributed by atoms with Gasteiger partial charge in [-0.25, -0.2) is 0 Å². The third-order valence-corrected chi connectivity index (χ3v) is 4.10. The third-order valence-electron chi connectivity index (χ3n) is 4.10. The van der Waals surface area contributed by atoms with E-state index in [1.807, 2.05) is 32.2 Å². The molecule has 1 aromatic carbocycles. The van der Waals surface area contributed by atoms with Crippen molar-refractivity contribution < 1.29 is 4.79 Å². The van der Waals surface area contributed by atoms with Crippen LogP contribution >= 0.6 is 0 Å². The molecule has 0 fully saturated rings. The molecule has 19 heavy (non-hydrogen) atoms. The predicted molar refractivity (Wildman–Crippen MR) is 75.9 cm³/mol. The van der Waals surface area contributed by atoms with E-state index in [4.69, 9.17) is 5.26 Å². The standard InChI is InChI=1S/C16H20N2O/c1-16(11-7-3-4-8-12-17)13-9-5-6-10-14(13)18(2)15(16)19/h5-6,9-10H,3-4,7-8,11H2,1-2H3/t16-/m0/s1. The fraction of sp³-hybridized carbons (Fsp3) is 0.500. The molecule has 3 heteroatoms. The van der Waals surface area contributed by atoms with Crippen molar-refractivity contribution in [2.45, 2.75) is 44.4 Å². The van der Waals surface area contributed by atoms with Crippen LogP contribution in [0.4, 0.5) is 5.69 Å². The second kappa shape index (κ2) is 5.44. The van der Waals surface area contributed by atoms with Crippen molar-refractivity contribution in [3.8, 4) is 6.07 Å². The highest BCUT2D eigenvalue weighted by Gasteiger charge is 2.44. The second-order valence-corrected chi connectivity index (χ2v) is 5.43. The van der Waals surface area contributed by atoms with E-state index in [0.29, 0.717) is 6.42 Å². The Hall–Kier alpha value is -1.82. The number of benzene rings is 1. The van der Waals surface area contributed by atoms with E-state index < -0.39 is 5.41 Å². The van der Waals surface area contributed by atoms with Gasteiger partial charge in [0.05, 0.1) is 11.5 Å². The van der Waals surface area contributed by atoms with Crippen molar-refractivity contribution in [2.75, 3.05) is 11.9 Å². The van der Waals surface area contributed by atoms with Gasteiger partial charge in [-0.3, -0.25) is 4.79 Å². The van der Waals surface area contributed by atoms with Crippen LogP contribution in [0.1, 0.15) is 44.6 Å². The largest absolute Gasteiger partial charge is 0.314 e. The maximum atomic E-state index is 12.5. The maximum Gasteiger partial charge on any atom is 0.237 e. The van der Waals surface area contributed by atoms with Crippen LogP contribution in [0.25, 0.3) is 0 Å². The number of amides is 1. The number of anilines is 1. The molecule has 1 amide bonds. The zero-order valence-corrected chi connectivity index (χ0v) is 11.6. The summed E-state index contributed by atoms with van der Waals surface area (Å²) >= 11 is 0. The fourth-order valence-corrected chi connectivity index (χ4v) is 2.93. The summed E-state index contributed by atoms with van der Waals surface area (Å²) in [5, 5.41) is 8.52. The van der Waals surface area contributed by atoms with Gasteiger partial charge in [0.15, 0.2) is 0 Å². The number of unbranched alkanes of at least 4 members (excludes halogenated alkanes) is 3. The predicted octanol–water partition coefficient (Wildman–Crippen LogP) is 3.39. The number of carbonyl (C=O) groups excluding carboxylic acids is 1. The summed E-state index contributed by atoms with van der Waals surface area (Å²) in [5.41, 5.74) is 1.78. The average molecular weight is 256 g/mol. The molecule has 1 aliphatic rings. The fourth-order valence-electron chi connectivity index (χ4n) is 2.93. The minimum atomic E-state index is -0.391. The lowest BCUT2D eigenvalue weighted by atomic mass is 9.79. The number of rotatable bonds is 5. The molecule has 1 heterocycles. The summed E-state index contributed by atoms with van der Waals surface area (Å²) < 4.78 is 0. The Morgan fingerprint density at radius 3 is 2.74 bits per heavy atom. The van der Waals surface area contributed by atoms with Crippen LogP contribution in [0, 0.1) is 11.3 Å². The van der Waals surface area contributed by atoms with Crippen LogP contribution in [0.5, 0.6) is 0 Å². The van der Waals surface area contributed by atoms with E-state index in [1.165, 1.54) is 0 Å². The highest BCUT2D eigenvalue weighted by atomic mass is 16.2. The Morgan fingerprint density at radius 2 is 2.00 bits per heavy atom. The van der Waals surface area contributed by atoms with Gasteiger partial charge in [-0.1, -0.05) is 31.0 Å². The van der Waals surface area contributed by atoms with Gasteiger partial charge in [0.25, 0.3) is 0 Å². The first-order chi connectivity index (χ1) is 9.11. The number of para-hydroxylation sites is 1. The minimum Gasteiger partial charge on any atom is -0.314 e. The number of nitrogens with zero attached hydrogens (tertiary/aromatic N) is 2. The molecular weight excluding hydrogens is 236 g/mol. The Labute approximate surface area is 114 Å². The van der Waals surface area contributed by atoms with Crippen LogP contribution in [-0.4, -0.2) is 13.0 Å². The Morgan fingerprint density at radius 1 is 1.26 bits per heavy atom. The molecule has 1 aliphatic heterocycles. The Kier molecular flexibility index (Phi) is 3.90. The molecule has 0 aliphatic carbocycles. The van der Waals surface area contributed by atoms with E-state index in [9.17, 15) is 4.79 Å². The van der Waals surface area contributed by atoms with Crippen LogP contribution in [-0.2, 0) is 10.2 Å². The zero-order chi connectivity index (χ0) is 13.9. The summed E-state index contributed by atoms with van der Waals surface area (Å²) in [7, 11) is 1.85. The summed E-state index contributed by atoms with van der Waals surface area (Å²) in [6, 6.07) is 10.2. The van der Waals surface area contributed by atoms with Crippen molar-refractivity contribution >= 4 is 11.6 Å². The molecule has 0 aromatic heterocycles. The van der Waals surface area contributed by atoms with Crippen LogP contribution in [0.15, 0.2) is 24.3 Å². The smallest absolute Gasteiger partial charge is 0.237 e. The summed E-state index contributed by atoms with van der Waals surface area (Å²) in [6.45, 7) is 2.04. The first-order valence-corrected chi connectivity index (χ1v) is 6.86. The van der Waals surface area contributed by atoms with E-state index in [-0.39, 0.29) is 5.91 Å². The number of nitriles is 1. The first-order valence-electron chi connectivity index (χ1n) is 6.86. The lowest BCUT2D eigenvalue weighted by molar-refractivity contribution is -0.122. The highest BCUT2D eigenvalue weighted by molar-refractivity contribution is 6.07. The zero-order valence-electron chi connectivity index (χ0n) is 11.6. The van der Waals surface area contributed by atoms with Crippen LogP contribution in [0.3, 0.4) is 0 Å². The molecule has 0 spiro atoms. The molecule has 0 unspecified atom stereocenters. The van der Waals surface area contributed by atoms with E-state index in [2.05, 4.69) is 12.1 Å². The molecule has 0 radical (unpaired) electrons. The Balaban J connectivity index is 2.10. The first kappa shape index (κ1) is 13.6. The number of fused-ring (bicyclic) bond motifs is 1. The molecule has 0 bridgehead atoms. The van der Waals surface area contributed by atoms with Gasteiger partial charge in [-0.05, 0) is 31.4 Å². The van der Waals surface area contributed by atoms with Gasteiger partial charge in [-0.15, -0.1) is 0 Å². The Bertz CT molecular complexity index is 518. The minimum absolute atomic E-state index is 0.189. The van der Waals surface area contributed by atoms with Gasteiger partial charge >= 0.3 is 0 Å². The van der Waals surface area contributed by atoms with Gasteiger partial charge in [0.1, 0.15) is 0 Å². The number of hydrogen-bond donors (Lipinski definition) is 0. The summed E-state index contributed by atoms with van der Waals surface area (Å²) in [4.78, 5) is 14.2. The number of hydrogen-bond acceptors (Lipinski definition) is 2. The van der Waals surface area contributed by atoms with Crippen LogP contribution < -0.4 is 4.90 Å². The molecule has 0 N–H and O–H groups in total. The molecule has 3 nitrogen and oxygen atoms in total. The molecule has 0 saturated heterocycles. The maximum absolute atomic E-state index is 12.5. The van der Waals surface area contributed by atoms with E-state index in [0.717, 1.165) is 36.9 Å². The summed E-state index contributed by atoms with van der Waals surface area (Å²) in [6.07, 6.45) is 4.41. The van der Waals surface area contributed by atoms with Crippen molar-refractivity contribution in [1.29, 1.82) is 5.26 Å². The van der Waals surface area contributed by atoms with Crippen molar-refractivity contribution in [3.63, 3.8) is 0 Å². The quantitative estimate of drug-likeness (QED) is 0.758. The van der Waals surface area contributed by atoms with Gasteiger partial charge in [-0.2, -0.15) is 5.26 Å². The number of likely N-dealkylation sites (N-methyl/N-ethyl adjacent to an activating group) is 1. The number of carbonyl (C=O) groups is 1. The topological polar surface area (TPSA) is 44.1 Å². The summed E-state index contributed by atoms with van der Waals surface area (Å²) in [5.74, 6) is 0.189. The molecule has 2 rings (SSSR count). The van der Waals surface area contributed by atoms with Gasteiger partial charge in [0.2, 0.25) is 5.91 Å². The van der Waals surface area contributed by atoms with Gasteiger partial charge < -0.3 is 4.90 Å². The van der Waals surface area contributed by atoms with Crippen molar-refractivity contribution in [3.05, 3.63) is 29.8 Å². The van der Waals surface area contributed by atoms with Crippen LogP contribution in [0.2, 0.25) is 0 Å². The molecule has 1 atom stereocenters.